The van der Waals surface area contributed by atoms with Crippen LogP contribution in [0.5, 0.6) is 0 Å². The van der Waals surface area contributed by atoms with E-state index in [1.54, 1.807) is 6.07 Å². The first-order valence-corrected chi connectivity index (χ1v) is 9.92. The SMILES string of the molecule is CC1CCCN(C(=O)c2cccc(C(=O)N3CCCc4ccccc43)c2)C1. The highest BCUT2D eigenvalue weighted by Crippen LogP contribution is 2.28. The molecule has 1 fully saturated rings. The molecule has 2 aliphatic rings. The third kappa shape index (κ3) is 3.61. The fourth-order valence-electron chi connectivity index (χ4n) is 4.24. The smallest absolute Gasteiger partial charge is 0.258 e. The number of fused-ring (bicyclic) bond motifs is 1. The molecule has 2 amide bonds. The quantitative estimate of drug-likeness (QED) is 0.805. The normalized spacial score (nSPS) is 19.5. The van der Waals surface area contributed by atoms with E-state index in [1.165, 1.54) is 12.0 Å². The summed E-state index contributed by atoms with van der Waals surface area (Å²) >= 11 is 0. The van der Waals surface area contributed by atoms with Gasteiger partial charge in [-0.2, -0.15) is 0 Å². The van der Waals surface area contributed by atoms with E-state index in [1.807, 2.05) is 46.2 Å². The molecule has 0 radical (unpaired) electrons. The van der Waals surface area contributed by atoms with Crippen LogP contribution >= 0.6 is 0 Å². The Labute approximate surface area is 160 Å². The van der Waals surface area contributed by atoms with Crippen LogP contribution in [0.2, 0.25) is 0 Å². The number of nitrogens with zero attached hydrogens (tertiary/aromatic N) is 2. The van der Waals surface area contributed by atoms with Crippen molar-refractivity contribution in [3.8, 4) is 0 Å². The second kappa shape index (κ2) is 7.55. The van der Waals surface area contributed by atoms with Gasteiger partial charge in [-0.3, -0.25) is 9.59 Å². The Morgan fingerprint density at radius 3 is 2.52 bits per heavy atom. The third-order valence-corrected chi connectivity index (χ3v) is 5.66. The van der Waals surface area contributed by atoms with Crippen LogP contribution in [0.15, 0.2) is 48.5 Å². The Balaban J connectivity index is 1.58. The first-order valence-electron chi connectivity index (χ1n) is 9.92. The lowest BCUT2D eigenvalue weighted by Crippen LogP contribution is -2.39. The summed E-state index contributed by atoms with van der Waals surface area (Å²) < 4.78 is 0. The number of amides is 2. The molecule has 140 valence electrons. The van der Waals surface area contributed by atoms with Crippen LogP contribution in [0.25, 0.3) is 0 Å². The van der Waals surface area contributed by atoms with Crippen LogP contribution < -0.4 is 4.90 Å². The second-order valence-corrected chi connectivity index (χ2v) is 7.77. The maximum Gasteiger partial charge on any atom is 0.258 e. The number of aryl methyl sites for hydroxylation is 1. The van der Waals surface area contributed by atoms with Crippen LogP contribution in [0, 0.1) is 5.92 Å². The molecule has 4 nitrogen and oxygen atoms in total. The van der Waals surface area contributed by atoms with Gasteiger partial charge in [0.15, 0.2) is 0 Å². The molecular formula is C23H26N2O2. The van der Waals surface area contributed by atoms with Gasteiger partial charge in [0.05, 0.1) is 0 Å². The highest BCUT2D eigenvalue weighted by molar-refractivity contribution is 6.08. The first kappa shape index (κ1) is 17.8. The molecule has 0 N–H and O–H groups in total. The van der Waals surface area contributed by atoms with E-state index in [0.717, 1.165) is 44.6 Å². The van der Waals surface area contributed by atoms with E-state index in [0.29, 0.717) is 17.0 Å². The van der Waals surface area contributed by atoms with Crippen molar-refractivity contribution in [1.82, 2.24) is 4.90 Å². The molecule has 0 saturated carbocycles. The van der Waals surface area contributed by atoms with Crippen LogP contribution in [0.1, 0.15) is 52.5 Å². The minimum absolute atomic E-state index is 0.0242. The molecule has 0 aliphatic carbocycles. The fourth-order valence-corrected chi connectivity index (χ4v) is 4.24. The van der Waals surface area contributed by atoms with Crippen molar-refractivity contribution in [3.63, 3.8) is 0 Å². The molecule has 1 saturated heterocycles. The minimum Gasteiger partial charge on any atom is -0.338 e. The highest BCUT2D eigenvalue weighted by Gasteiger charge is 2.25. The number of benzene rings is 2. The van der Waals surface area contributed by atoms with E-state index in [-0.39, 0.29) is 11.8 Å². The molecule has 2 aromatic carbocycles. The Hall–Kier alpha value is -2.62. The number of anilines is 1. The van der Waals surface area contributed by atoms with E-state index < -0.39 is 0 Å². The number of carbonyl (C=O) groups excluding carboxylic acids is 2. The zero-order valence-corrected chi connectivity index (χ0v) is 15.9. The first-order chi connectivity index (χ1) is 13.1. The molecule has 0 bridgehead atoms. The minimum atomic E-state index is -0.0242. The van der Waals surface area contributed by atoms with Gasteiger partial charge in [-0.25, -0.2) is 0 Å². The molecular weight excluding hydrogens is 336 g/mol. The van der Waals surface area contributed by atoms with Gasteiger partial charge in [0, 0.05) is 36.4 Å². The number of piperidine rings is 1. The monoisotopic (exact) mass is 362 g/mol. The standard InChI is InChI=1S/C23H26N2O2/c1-17-7-5-13-24(16-17)22(26)19-9-4-10-20(15-19)23(27)25-14-6-11-18-8-2-3-12-21(18)25/h2-4,8-10,12,15,17H,5-7,11,13-14,16H2,1H3. The third-order valence-electron chi connectivity index (χ3n) is 5.66. The topological polar surface area (TPSA) is 40.6 Å². The lowest BCUT2D eigenvalue weighted by Gasteiger charge is -2.31. The predicted octanol–water partition coefficient (Wildman–Crippen LogP) is 4.15. The zero-order chi connectivity index (χ0) is 18.8. The molecule has 1 atom stereocenters. The van der Waals surface area contributed by atoms with Gasteiger partial charge < -0.3 is 9.80 Å². The van der Waals surface area contributed by atoms with E-state index >= 15 is 0 Å². The van der Waals surface area contributed by atoms with Crippen molar-refractivity contribution in [2.45, 2.75) is 32.6 Å². The Morgan fingerprint density at radius 1 is 0.926 bits per heavy atom. The van der Waals surface area contributed by atoms with Crippen molar-refractivity contribution in [3.05, 3.63) is 65.2 Å². The molecule has 4 heteroatoms. The Kier molecular flexibility index (Phi) is 4.97. The summed E-state index contributed by atoms with van der Waals surface area (Å²) in [6.45, 7) is 4.52. The molecule has 1 unspecified atom stereocenters. The number of hydrogen-bond donors (Lipinski definition) is 0. The van der Waals surface area contributed by atoms with Gasteiger partial charge in [0.25, 0.3) is 11.8 Å². The van der Waals surface area contributed by atoms with Gasteiger partial charge in [0.1, 0.15) is 0 Å². The highest BCUT2D eigenvalue weighted by atomic mass is 16.2. The van der Waals surface area contributed by atoms with Crippen LogP contribution in [-0.4, -0.2) is 36.3 Å². The summed E-state index contributed by atoms with van der Waals surface area (Å²) in [5, 5.41) is 0. The predicted molar refractivity (Wildman–Crippen MR) is 107 cm³/mol. The van der Waals surface area contributed by atoms with Crippen molar-refractivity contribution in [2.24, 2.45) is 5.92 Å². The summed E-state index contributed by atoms with van der Waals surface area (Å²) in [5.74, 6) is 0.552. The number of carbonyl (C=O) groups is 2. The summed E-state index contributed by atoms with van der Waals surface area (Å²) in [4.78, 5) is 29.8. The summed E-state index contributed by atoms with van der Waals surface area (Å²) in [7, 11) is 0. The van der Waals surface area contributed by atoms with Crippen molar-refractivity contribution in [2.75, 3.05) is 24.5 Å². The average molecular weight is 362 g/mol. The van der Waals surface area contributed by atoms with E-state index in [9.17, 15) is 9.59 Å². The molecule has 4 rings (SSSR count). The van der Waals surface area contributed by atoms with Crippen molar-refractivity contribution < 1.29 is 9.59 Å². The Morgan fingerprint density at radius 2 is 1.70 bits per heavy atom. The fraction of sp³-hybridized carbons (Fsp3) is 0.391. The maximum atomic E-state index is 13.2. The lowest BCUT2D eigenvalue weighted by molar-refractivity contribution is 0.0683. The van der Waals surface area contributed by atoms with E-state index in [4.69, 9.17) is 0 Å². The van der Waals surface area contributed by atoms with Crippen LogP contribution in [0.3, 0.4) is 0 Å². The van der Waals surface area contributed by atoms with E-state index in [2.05, 4.69) is 13.0 Å². The zero-order valence-electron chi connectivity index (χ0n) is 15.9. The van der Waals surface area contributed by atoms with Crippen molar-refractivity contribution >= 4 is 17.5 Å². The molecule has 2 heterocycles. The largest absolute Gasteiger partial charge is 0.338 e. The second-order valence-electron chi connectivity index (χ2n) is 7.77. The summed E-state index contributed by atoms with van der Waals surface area (Å²) in [6.07, 6.45) is 4.20. The summed E-state index contributed by atoms with van der Waals surface area (Å²) in [6, 6.07) is 15.3. The van der Waals surface area contributed by atoms with Crippen LogP contribution in [0.4, 0.5) is 5.69 Å². The number of hydrogen-bond acceptors (Lipinski definition) is 2. The Bertz CT molecular complexity index is 861. The maximum absolute atomic E-state index is 13.2. The number of rotatable bonds is 2. The van der Waals surface area contributed by atoms with Crippen molar-refractivity contribution in [1.29, 1.82) is 0 Å². The molecule has 0 aromatic heterocycles. The van der Waals surface area contributed by atoms with Gasteiger partial charge in [0.2, 0.25) is 0 Å². The molecule has 0 spiro atoms. The lowest BCUT2D eigenvalue weighted by atomic mass is 9.98. The molecule has 2 aliphatic heterocycles. The molecule has 2 aromatic rings. The van der Waals surface area contributed by atoms with Gasteiger partial charge in [-0.15, -0.1) is 0 Å². The molecule has 27 heavy (non-hydrogen) atoms. The number of para-hydroxylation sites is 1. The van der Waals surface area contributed by atoms with Gasteiger partial charge in [-0.1, -0.05) is 31.2 Å². The van der Waals surface area contributed by atoms with Gasteiger partial charge >= 0.3 is 0 Å². The van der Waals surface area contributed by atoms with Gasteiger partial charge in [-0.05, 0) is 61.4 Å². The van der Waals surface area contributed by atoms with Crippen LogP contribution in [-0.2, 0) is 6.42 Å². The summed E-state index contributed by atoms with van der Waals surface area (Å²) in [5.41, 5.74) is 3.41. The number of likely N-dealkylation sites (tertiary alicyclic amines) is 1. The average Bonchev–Trinajstić information content (AvgIpc) is 2.72.